The minimum absolute atomic E-state index is 0.496. The first-order valence-corrected chi connectivity index (χ1v) is 11.6. The van der Waals surface area contributed by atoms with E-state index in [9.17, 15) is 8.42 Å². The van der Waals surface area contributed by atoms with Crippen LogP contribution in [0.25, 0.3) is 10.9 Å². The van der Waals surface area contributed by atoms with Gasteiger partial charge in [-0.15, -0.1) is 0 Å². The Morgan fingerprint density at radius 2 is 1.75 bits per heavy atom. The van der Waals surface area contributed by atoms with E-state index in [1.54, 1.807) is 4.31 Å². The smallest absolute Gasteiger partial charge is 0.282 e. The SMILES string of the molecule is CCN(CC)S(=O)(=O)N1CCN(Cc2cc3ccc(C)c(C)c3nc2Cl)CC1. The maximum absolute atomic E-state index is 12.7. The Bertz CT molecular complexity index is 952. The van der Waals surface area contributed by atoms with Crippen LogP contribution in [0, 0.1) is 13.8 Å². The van der Waals surface area contributed by atoms with Crippen molar-refractivity contribution in [3.63, 3.8) is 0 Å². The van der Waals surface area contributed by atoms with Crippen LogP contribution in [-0.4, -0.2) is 66.2 Å². The van der Waals surface area contributed by atoms with E-state index >= 15 is 0 Å². The van der Waals surface area contributed by atoms with Gasteiger partial charge in [-0.2, -0.15) is 17.0 Å². The summed E-state index contributed by atoms with van der Waals surface area (Å²) >= 11 is 6.48. The summed E-state index contributed by atoms with van der Waals surface area (Å²) in [5, 5.41) is 1.62. The number of hydrogen-bond donors (Lipinski definition) is 0. The second kappa shape index (κ2) is 8.63. The zero-order valence-corrected chi connectivity index (χ0v) is 18.6. The van der Waals surface area contributed by atoms with Gasteiger partial charge in [0.2, 0.25) is 0 Å². The molecular formula is C20H29ClN4O2S. The molecule has 1 aromatic heterocycles. The van der Waals surface area contributed by atoms with E-state index in [0.29, 0.717) is 51.0 Å². The maximum atomic E-state index is 12.7. The zero-order chi connectivity index (χ0) is 20.5. The van der Waals surface area contributed by atoms with Crippen molar-refractivity contribution in [3.05, 3.63) is 40.0 Å². The van der Waals surface area contributed by atoms with Crippen molar-refractivity contribution >= 4 is 32.7 Å². The van der Waals surface area contributed by atoms with Crippen LogP contribution in [0.15, 0.2) is 18.2 Å². The fraction of sp³-hybridized carbons (Fsp3) is 0.550. The van der Waals surface area contributed by atoms with Crippen molar-refractivity contribution in [3.8, 4) is 0 Å². The molecule has 28 heavy (non-hydrogen) atoms. The molecule has 0 bridgehead atoms. The Kier molecular flexibility index (Phi) is 6.61. The van der Waals surface area contributed by atoms with Gasteiger partial charge in [-0.1, -0.05) is 37.6 Å². The number of aromatic nitrogens is 1. The number of fused-ring (bicyclic) bond motifs is 1. The lowest BCUT2D eigenvalue weighted by Gasteiger charge is -2.36. The molecule has 0 amide bonds. The Labute approximate surface area is 173 Å². The average molecular weight is 425 g/mol. The third kappa shape index (κ3) is 4.19. The van der Waals surface area contributed by atoms with Gasteiger partial charge in [-0.3, -0.25) is 4.90 Å². The van der Waals surface area contributed by atoms with Crippen molar-refractivity contribution in [2.45, 2.75) is 34.2 Å². The molecule has 6 nitrogen and oxygen atoms in total. The Morgan fingerprint density at radius 1 is 1.11 bits per heavy atom. The average Bonchev–Trinajstić information content (AvgIpc) is 2.67. The third-order valence-corrected chi connectivity index (χ3v) is 8.13. The number of pyridine rings is 1. The molecule has 0 radical (unpaired) electrons. The Balaban J connectivity index is 1.71. The molecule has 0 spiro atoms. The number of nitrogens with zero attached hydrogens (tertiary/aromatic N) is 4. The largest absolute Gasteiger partial charge is 0.296 e. The molecular weight excluding hydrogens is 396 g/mol. The summed E-state index contributed by atoms with van der Waals surface area (Å²) in [6.07, 6.45) is 0. The second-order valence-corrected chi connectivity index (χ2v) is 9.57. The fourth-order valence-electron chi connectivity index (χ4n) is 3.69. The van der Waals surface area contributed by atoms with Crippen molar-refractivity contribution in [1.82, 2.24) is 18.5 Å². The van der Waals surface area contributed by atoms with Crippen molar-refractivity contribution in [2.75, 3.05) is 39.3 Å². The summed E-state index contributed by atoms with van der Waals surface area (Å²) in [6.45, 7) is 11.9. The first kappa shape index (κ1) is 21.5. The predicted octanol–water partition coefficient (Wildman–Crippen LogP) is 3.21. The molecule has 0 unspecified atom stereocenters. The van der Waals surface area contributed by atoms with Gasteiger partial charge in [0.15, 0.2) is 0 Å². The van der Waals surface area contributed by atoms with Gasteiger partial charge in [-0.05, 0) is 31.0 Å². The summed E-state index contributed by atoms with van der Waals surface area (Å²) < 4.78 is 28.4. The number of benzene rings is 1. The molecule has 8 heteroatoms. The van der Waals surface area contributed by atoms with E-state index in [2.05, 4.69) is 41.9 Å². The normalized spacial score (nSPS) is 16.9. The highest BCUT2D eigenvalue weighted by Crippen LogP contribution is 2.26. The Hall–Kier alpha value is -1.25. The molecule has 2 heterocycles. The van der Waals surface area contributed by atoms with Gasteiger partial charge in [0.05, 0.1) is 5.52 Å². The highest BCUT2D eigenvalue weighted by Gasteiger charge is 2.30. The molecule has 0 atom stereocenters. The quantitative estimate of drug-likeness (QED) is 0.668. The van der Waals surface area contributed by atoms with Crippen molar-refractivity contribution in [2.24, 2.45) is 0 Å². The number of rotatable bonds is 6. The van der Waals surface area contributed by atoms with Crippen LogP contribution in [0.4, 0.5) is 0 Å². The van der Waals surface area contributed by atoms with Gasteiger partial charge in [0.1, 0.15) is 5.15 Å². The van der Waals surface area contributed by atoms with Gasteiger partial charge in [0.25, 0.3) is 10.2 Å². The lowest BCUT2D eigenvalue weighted by Crippen LogP contribution is -2.52. The van der Waals surface area contributed by atoms with E-state index in [1.807, 2.05) is 13.8 Å². The number of aryl methyl sites for hydroxylation is 2. The topological polar surface area (TPSA) is 56.8 Å². The molecule has 2 aromatic rings. The van der Waals surface area contributed by atoms with Crippen LogP contribution in [0.1, 0.15) is 30.5 Å². The summed E-state index contributed by atoms with van der Waals surface area (Å²) in [7, 11) is -3.36. The van der Waals surface area contributed by atoms with Crippen LogP contribution in [0.2, 0.25) is 5.15 Å². The van der Waals surface area contributed by atoms with E-state index in [4.69, 9.17) is 11.6 Å². The van der Waals surface area contributed by atoms with Crippen LogP contribution < -0.4 is 0 Å². The van der Waals surface area contributed by atoms with Crippen LogP contribution in [0.3, 0.4) is 0 Å². The van der Waals surface area contributed by atoms with E-state index in [1.165, 1.54) is 9.87 Å². The second-order valence-electron chi connectivity index (χ2n) is 7.28. The van der Waals surface area contributed by atoms with Gasteiger partial charge >= 0.3 is 0 Å². The summed E-state index contributed by atoms with van der Waals surface area (Å²) in [4.78, 5) is 6.87. The molecule has 154 valence electrons. The van der Waals surface area contributed by atoms with Gasteiger partial charge in [0, 0.05) is 56.8 Å². The van der Waals surface area contributed by atoms with Gasteiger partial charge in [-0.25, -0.2) is 4.98 Å². The monoisotopic (exact) mass is 424 g/mol. The first-order chi connectivity index (χ1) is 13.3. The summed E-state index contributed by atoms with van der Waals surface area (Å²) in [5.41, 5.74) is 4.29. The highest BCUT2D eigenvalue weighted by molar-refractivity contribution is 7.86. The Morgan fingerprint density at radius 3 is 2.36 bits per heavy atom. The molecule has 0 aliphatic carbocycles. The number of piperazine rings is 1. The summed E-state index contributed by atoms with van der Waals surface area (Å²) in [6, 6.07) is 6.29. The maximum Gasteiger partial charge on any atom is 0.282 e. The fourth-order valence-corrected chi connectivity index (χ4v) is 5.49. The van der Waals surface area contributed by atoms with E-state index in [-0.39, 0.29) is 0 Å². The molecule has 1 aliphatic rings. The molecule has 1 aromatic carbocycles. The minimum Gasteiger partial charge on any atom is -0.296 e. The molecule has 3 rings (SSSR count). The number of halogens is 1. The number of hydrogen-bond acceptors (Lipinski definition) is 4. The predicted molar refractivity (Wildman–Crippen MR) is 115 cm³/mol. The van der Waals surface area contributed by atoms with Crippen molar-refractivity contribution in [1.29, 1.82) is 0 Å². The first-order valence-electron chi connectivity index (χ1n) is 9.80. The molecule has 0 saturated carbocycles. The van der Waals surface area contributed by atoms with E-state index < -0.39 is 10.2 Å². The third-order valence-electron chi connectivity index (χ3n) is 5.62. The lowest BCUT2D eigenvalue weighted by atomic mass is 10.0. The van der Waals surface area contributed by atoms with Crippen LogP contribution in [-0.2, 0) is 16.8 Å². The standard InChI is InChI=1S/C20H29ClN4O2S/c1-5-24(6-2)28(26,27)25-11-9-23(10-12-25)14-18-13-17-8-7-15(3)16(4)19(17)22-20(18)21/h7-8,13H,5-6,9-12,14H2,1-4H3. The minimum atomic E-state index is -3.36. The molecule has 1 fully saturated rings. The van der Waals surface area contributed by atoms with E-state index in [0.717, 1.165) is 22.0 Å². The van der Waals surface area contributed by atoms with Crippen molar-refractivity contribution < 1.29 is 8.42 Å². The van der Waals surface area contributed by atoms with Gasteiger partial charge < -0.3 is 0 Å². The molecule has 1 aliphatic heterocycles. The zero-order valence-electron chi connectivity index (χ0n) is 17.1. The molecule has 0 N–H and O–H groups in total. The van der Waals surface area contributed by atoms with Crippen LogP contribution in [0.5, 0.6) is 0 Å². The molecule has 1 saturated heterocycles. The highest BCUT2D eigenvalue weighted by atomic mass is 35.5. The summed E-state index contributed by atoms with van der Waals surface area (Å²) in [5.74, 6) is 0. The lowest BCUT2D eigenvalue weighted by molar-refractivity contribution is 0.175. The van der Waals surface area contributed by atoms with Crippen LogP contribution >= 0.6 is 11.6 Å².